The maximum Gasteiger partial charge on any atom is 0.306 e. The van der Waals surface area contributed by atoms with Crippen LogP contribution in [0.5, 0.6) is 11.5 Å². The average Bonchev–Trinajstić information content (AvgIpc) is 3.17. The maximum absolute atomic E-state index is 12.1. The Morgan fingerprint density at radius 3 is 2.46 bits per heavy atom. The third-order valence-corrected chi connectivity index (χ3v) is 5.00. The largest absolute Gasteiger partial charge is 0.493 e. The number of rotatable bonds is 10. The molecule has 1 N–H and O–H groups in total. The molecule has 0 aliphatic heterocycles. The highest BCUT2D eigenvalue weighted by molar-refractivity contribution is 7.14. The van der Waals surface area contributed by atoms with Gasteiger partial charge in [0.25, 0.3) is 0 Å². The van der Waals surface area contributed by atoms with Gasteiger partial charge in [-0.05, 0) is 36.2 Å². The van der Waals surface area contributed by atoms with Gasteiger partial charge in [-0.25, -0.2) is 0 Å². The molecule has 0 atom stereocenters. The van der Waals surface area contributed by atoms with Crippen LogP contribution in [0.3, 0.4) is 0 Å². The Balaban J connectivity index is 1.79. The van der Waals surface area contributed by atoms with Gasteiger partial charge in [0.2, 0.25) is 11.7 Å². The van der Waals surface area contributed by atoms with Crippen LogP contribution in [0.25, 0.3) is 0 Å². The van der Waals surface area contributed by atoms with E-state index in [2.05, 4.69) is 5.32 Å². The Hall–Kier alpha value is -2.87. The Bertz CT molecular complexity index is 845. The molecular weight excluding hydrogens is 382 g/mol. The Morgan fingerprint density at radius 1 is 1.04 bits per heavy atom. The molecule has 150 valence electrons. The Morgan fingerprint density at radius 2 is 1.79 bits per heavy atom. The van der Waals surface area contributed by atoms with Crippen LogP contribution in [0.1, 0.15) is 33.5 Å². The molecule has 0 unspecified atom stereocenters. The van der Waals surface area contributed by atoms with Crippen molar-refractivity contribution >= 4 is 29.0 Å². The number of thiophene rings is 1. The number of carbonyl (C=O) groups excluding carboxylic acids is 3. The van der Waals surface area contributed by atoms with E-state index >= 15 is 0 Å². The second kappa shape index (κ2) is 10.5. The number of ether oxygens (including phenoxy) is 3. The normalized spacial score (nSPS) is 10.2. The number of aryl methyl sites for hydroxylation is 1. The first-order valence-electron chi connectivity index (χ1n) is 8.65. The lowest BCUT2D eigenvalue weighted by Crippen LogP contribution is -2.18. The van der Waals surface area contributed by atoms with E-state index in [9.17, 15) is 14.4 Å². The quantitative estimate of drug-likeness (QED) is 0.483. The zero-order valence-corrected chi connectivity index (χ0v) is 16.9. The van der Waals surface area contributed by atoms with Gasteiger partial charge < -0.3 is 19.5 Å². The summed E-state index contributed by atoms with van der Waals surface area (Å²) in [6.45, 7) is 1.50. The highest BCUT2D eigenvalue weighted by Gasteiger charge is 2.13. The third-order valence-electron chi connectivity index (χ3n) is 3.88. The minimum atomic E-state index is -0.446. The van der Waals surface area contributed by atoms with Crippen LogP contribution in [0, 0.1) is 0 Å². The highest BCUT2D eigenvalue weighted by Crippen LogP contribution is 2.28. The molecule has 7 nitrogen and oxygen atoms in total. The molecule has 0 bridgehead atoms. The van der Waals surface area contributed by atoms with E-state index in [1.54, 1.807) is 38.5 Å². The molecule has 0 aliphatic rings. The SMILES string of the molecule is COc1ccc(CCC(=O)OCC(=O)c2ccc(CNC(C)=O)s2)cc1OC. The summed E-state index contributed by atoms with van der Waals surface area (Å²) in [4.78, 5) is 36.4. The second-order valence-corrected chi connectivity index (χ2v) is 7.12. The summed E-state index contributed by atoms with van der Waals surface area (Å²) >= 11 is 1.27. The third kappa shape index (κ3) is 6.38. The molecule has 2 aromatic rings. The number of nitrogens with one attached hydrogen (secondary N) is 1. The number of carbonyl (C=O) groups is 3. The van der Waals surface area contributed by atoms with Crippen molar-refractivity contribution in [3.8, 4) is 11.5 Å². The zero-order chi connectivity index (χ0) is 20.5. The molecule has 1 heterocycles. The molecule has 0 spiro atoms. The van der Waals surface area contributed by atoms with E-state index in [1.807, 2.05) is 6.07 Å². The van der Waals surface area contributed by atoms with Crippen LogP contribution in [-0.4, -0.2) is 38.5 Å². The summed E-state index contributed by atoms with van der Waals surface area (Å²) < 4.78 is 15.5. The fourth-order valence-electron chi connectivity index (χ4n) is 2.41. The van der Waals surface area contributed by atoms with Gasteiger partial charge in [0.15, 0.2) is 18.1 Å². The van der Waals surface area contributed by atoms with E-state index in [4.69, 9.17) is 14.2 Å². The topological polar surface area (TPSA) is 90.9 Å². The minimum Gasteiger partial charge on any atom is -0.493 e. The van der Waals surface area contributed by atoms with Gasteiger partial charge in [-0.1, -0.05) is 6.07 Å². The molecule has 8 heteroatoms. The van der Waals surface area contributed by atoms with Gasteiger partial charge >= 0.3 is 5.97 Å². The number of esters is 1. The second-order valence-electron chi connectivity index (χ2n) is 5.95. The van der Waals surface area contributed by atoms with Gasteiger partial charge in [0.1, 0.15) is 0 Å². The van der Waals surface area contributed by atoms with Crippen LogP contribution in [0.2, 0.25) is 0 Å². The van der Waals surface area contributed by atoms with Crippen molar-refractivity contribution in [1.82, 2.24) is 5.32 Å². The summed E-state index contributed by atoms with van der Waals surface area (Å²) in [5, 5.41) is 2.67. The van der Waals surface area contributed by atoms with E-state index in [0.717, 1.165) is 10.4 Å². The first-order valence-corrected chi connectivity index (χ1v) is 9.47. The summed E-state index contributed by atoms with van der Waals surface area (Å²) in [6, 6.07) is 8.87. The van der Waals surface area contributed by atoms with Crippen molar-refractivity contribution in [2.45, 2.75) is 26.3 Å². The van der Waals surface area contributed by atoms with Crippen molar-refractivity contribution in [3.63, 3.8) is 0 Å². The monoisotopic (exact) mass is 405 g/mol. The van der Waals surface area contributed by atoms with Crippen LogP contribution in [0.4, 0.5) is 0 Å². The standard InChI is InChI=1S/C20H23NO6S/c1-13(22)21-11-15-6-8-19(28-15)16(23)12-27-20(24)9-5-14-4-7-17(25-2)18(10-14)26-3/h4,6-8,10H,5,9,11-12H2,1-3H3,(H,21,22). The van der Waals surface area contributed by atoms with E-state index in [0.29, 0.717) is 29.3 Å². The number of hydrogen-bond donors (Lipinski definition) is 1. The Kier molecular flexibility index (Phi) is 8.01. The van der Waals surface area contributed by atoms with Crippen molar-refractivity contribution < 1.29 is 28.6 Å². The van der Waals surface area contributed by atoms with Crippen LogP contribution in [-0.2, 0) is 27.3 Å². The smallest absolute Gasteiger partial charge is 0.306 e. The van der Waals surface area contributed by atoms with Gasteiger partial charge in [-0.15, -0.1) is 11.3 Å². The van der Waals surface area contributed by atoms with Crippen LogP contribution >= 0.6 is 11.3 Å². The van der Waals surface area contributed by atoms with E-state index in [1.165, 1.54) is 18.3 Å². The molecule has 0 saturated heterocycles. The van der Waals surface area contributed by atoms with Gasteiger partial charge in [-0.3, -0.25) is 14.4 Å². The van der Waals surface area contributed by atoms with E-state index in [-0.39, 0.29) is 24.7 Å². The van der Waals surface area contributed by atoms with Gasteiger partial charge in [0, 0.05) is 18.2 Å². The molecule has 0 saturated carbocycles. The summed E-state index contributed by atoms with van der Waals surface area (Å²) in [5.41, 5.74) is 0.904. The van der Waals surface area contributed by atoms with Gasteiger partial charge in [-0.2, -0.15) is 0 Å². The number of methoxy groups -OCH3 is 2. The minimum absolute atomic E-state index is 0.135. The fourth-order valence-corrected chi connectivity index (χ4v) is 3.28. The first kappa shape index (κ1) is 21.4. The lowest BCUT2D eigenvalue weighted by atomic mass is 10.1. The molecular formula is C20H23NO6S. The average molecular weight is 405 g/mol. The number of benzene rings is 1. The van der Waals surface area contributed by atoms with Crippen molar-refractivity contribution in [2.24, 2.45) is 0 Å². The van der Waals surface area contributed by atoms with Crippen molar-refractivity contribution in [2.75, 3.05) is 20.8 Å². The summed E-state index contributed by atoms with van der Waals surface area (Å²) in [7, 11) is 3.11. The summed E-state index contributed by atoms with van der Waals surface area (Å²) in [5.74, 6) is 0.367. The molecule has 2 rings (SSSR count). The van der Waals surface area contributed by atoms with Crippen LogP contribution in [0.15, 0.2) is 30.3 Å². The summed E-state index contributed by atoms with van der Waals surface area (Å²) in [6.07, 6.45) is 0.619. The highest BCUT2D eigenvalue weighted by atomic mass is 32.1. The number of Topliss-reactive ketones (excluding diaryl/α,β-unsaturated/α-hetero) is 1. The Labute approximate surface area is 167 Å². The van der Waals surface area contributed by atoms with Crippen molar-refractivity contribution in [1.29, 1.82) is 0 Å². The molecule has 0 radical (unpaired) electrons. The van der Waals surface area contributed by atoms with Gasteiger partial charge in [0.05, 0.1) is 25.6 Å². The number of hydrogen-bond acceptors (Lipinski definition) is 7. The fraction of sp³-hybridized carbons (Fsp3) is 0.350. The first-order chi connectivity index (χ1) is 13.4. The number of amides is 1. The van der Waals surface area contributed by atoms with Crippen LogP contribution < -0.4 is 14.8 Å². The predicted molar refractivity (Wildman–Crippen MR) is 105 cm³/mol. The predicted octanol–water partition coefficient (Wildman–Crippen LogP) is 2.76. The van der Waals surface area contributed by atoms with Crippen molar-refractivity contribution in [3.05, 3.63) is 45.6 Å². The zero-order valence-electron chi connectivity index (χ0n) is 16.1. The molecule has 28 heavy (non-hydrogen) atoms. The molecule has 1 aromatic carbocycles. The van der Waals surface area contributed by atoms with E-state index < -0.39 is 5.97 Å². The lowest BCUT2D eigenvalue weighted by Gasteiger charge is -2.09. The maximum atomic E-state index is 12.1. The molecule has 1 amide bonds. The lowest BCUT2D eigenvalue weighted by molar-refractivity contribution is -0.142. The number of ketones is 1. The molecule has 0 aliphatic carbocycles. The molecule has 0 fully saturated rings. The molecule has 1 aromatic heterocycles.